The van der Waals surface area contributed by atoms with E-state index >= 15 is 0 Å². The summed E-state index contributed by atoms with van der Waals surface area (Å²) in [6.45, 7) is 2.36. The Bertz CT molecular complexity index is 364. The molecule has 0 aliphatic rings. The van der Waals surface area contributed by atoms with Crippen molar-refractivity contribution in [3.05, 3.63) is 29.1 Å². The summed E-state index contributed by atoms with van der Waals surface area (Å²) in [7, 11) is 0. The molecule has 1 N–H and O–H groups in total. The number of anilines is 1. The Labute approximate surface area is 78.7 Å². The average molecular weight is 203 g/mol. The number of carbonyl (C=O) groups is 1. The zero-order valence-electron chi connectivity index (χ0n) is 7.62. The summed E-state index contributed by atoms with van der Waals surface area (Å²) in [4.78, 5) is 10.6. The maximum absolute atomic E-state index is 13.2. The van der Waals surface area contributed by atoms with Crippen LogP contribution in [0.1, 0.15) is 12.5 Å². The molecule has 0 unspecified atom stereocenters. The van der Waals surface area contributed by atoms with E-state index < -0.39 is 29.0 Å². The Morgan fingerprint density at radius 1 is 1.29 bits per heavy atom. The van der Waals surface area contributed by atoms with Gasteiger partial charge in [-0.1, -0.05) is 0 Å². The molecule has 0 radical (unpaired) electrons. The summed E-state index contributed by atoms with van der Waals surface area (Å²) in [6.07, 6.45) is 0. The number of benzene rings is 1. The molecule has 0 spiro atoms. The van der Waals surface area contributed by atoms with E-state index in [2.05, 4.69) is 0 Å². The van der Waals surface area contributed by atoms with Crippen molar-refractivity contribution >= 4 is 11.6 Å². The van der Waals surface area contributed by atoms with Crippen LogP contribution in [-0.4, -0.2) is 5.91 Å². The van der Waals surface area contributed by atoms with E-state index in [1.54, 1.807) is 0 Å². The van der Waals surface area contributed by atoms with E-state index in [1.807, 2.05) is 5.32 Å². The van der Waals surface area contributed by atoms with Crippen LogP contribution >= 0.6 is 0 Å². The van der Waals surface area contributed by atoms with E-state index in [-0.39, 0.29) is 5.56 Å². The molecule has 0 heterocycles. The maximum Gasteiger partial charge on any atom is 0.221 e. The van der Waals surface area contributed by atoms with Gasteiger partial charge in [0, 0.05) is 6.92 Å². The van der Waals surface area contributed by atoms with Crippen LogP contribution in [0, 0.1) is 24.4 Å². The molecule has 5 heteroatoms. The Balaban J connectivity index is 3.31. The highest BCUT2D eigenvalue weighted by Crippen LogP contribution is 2.24. The second-order valence-corrected chi connectivity index (χ2v) is 2.86. The first-order chi connectivity index (χ1) is 6.43. The van der Waals surface area contributed by atoms with Crippen LogP contribution in [0.25, 0.3) is 0 Å². The number of nitrogens with one attached hydrogen (secondary N) is 1. The van der Waals surface area contributed by atoms with E-state index in [4.69, 9.17) is 0 Å². The summed E-state index contributed by atoms with van der Waals surface area (Å²) >= 11 is 0. The fraction of sp³-hybridized carbons (Fsp3) is 0.222. The largest absolute Gasteiger partial charge is 0.321 e. The fourth-order valence-corrected chi connectivity index (χ4v) is 1.02. The minimum Gasteiger partial charge on any atom is -0.321 e. The standard InChI is InChI=1S/C9H8F3NO/c1-4-3-6(10)8(12)9(7(4)11)13-5(2)14/h3H,1-2H3,(H,13,14). The number of amides is 1. The van der Waals surface area contributed by atoms with Crippen molar-refractivity contribution in [2.75, 3.05) is 5.32 Å². The molecule has 0 bridgehead atoms. The van der Waals surface area contributed by atoms with Gasteiger partial charge in [-0.05, 0) is 18.6 Å². The SMILES string of the molecule is CC(=O)Nc1c(F)c(C)cc(F)c1F. The molecular formula is C9H8F3NO. The van der Waals surface area contributed by atoms with Gasteiger partial charge in [0.1, 0.15) is 5.69 Å². The van der Waals surface area contributed by atoms with Crippen molar-refractivity contribution < 1.29 is 18.0 Å². The maximum atomic E-state index is 13.2. The molecule has 76 valence electrons. The lowest BCUT2D eigenvalue weighted by molar-refractivity contribution is -0.114. The van der Waals surface area contributed by atoms with Crippen LogP contribution in [0.3, 0.4) is 0 Å². The van der Waals surface area contributed by atoms with Gasteiger partial charge in [-0.3, -0.25) is 4.79 Å². The minimum atomic E-state index is -1.39. The van der Waals surface area contributed by atoms with Crippen LogP contribution in [0.5, 0.6) is 0 Å². The molecule has 14 heavy (non-hydrogen) atoms. The molecule has 0 aliphatic carbocycles. The number of hydrogen-bond acceptors (Lipinski definition) is 1. The fourth-order valence-electron chi connectivity index (χ4n) is 1.02. The first kappa shape index (κ1) is 10.6. The van der Waals surface area contributed by atoms with Crippen molar-refractivity contribution in [1.29, 1.82) is 0 Å². The van der Waals surface area contributed by atoms with Crippen LogP contribution < -0.4 is 5.32 Å². The van der Waals surface area contributed by atoms with Gasteiger partial charge in [0.2, 0.25) is 5.91 Å². The van der Waals surface area contributed by atoms with Crippen molar-refractivity contribution in [1.82, 2.24) is 0 Å². The van der Waals surface area contributed by atoms with Gasteiger partial charge >= 0.3 is 0 Å². The van der Waals surface area contributed by atoms with Gasteiger partial charge < -0.3 is 5.32 Å². The Kier molecular flexibility index (Phi) is 2.78. The third-order valence-corrected chi connectivity index (χ3v) is 1.64. The smallest absolute Gasteiger partial charge is 0.221 e. The van der Waals surface area contributed by atoms with E-state index in [0.717, 1.165) is 13.0 Å². The molecule has 0 aliphatic heterocycles. The number of halogens is 3. The number of rotatable bonds is 1. The summed E-state index contributed by atoms with van der Waals surface area (Å²) in [5.74, 6) is -4.19. The first-order valence-corrected chi connectivity index (χ1v) is 3.85. The van der Waals surface area contributed by atoms with Gasteiger partial charge in [-0.2, -0.15) is 0 Å². The predicted octanol–water partition coefficient (Wildman–Crippen LogP) is 2.37. The molecule has 0 aromatic heterocycles. The molecule has 1 aromatic rings. The van der Waals surface area contributed by atoms with Crippen LogP contribution in [0.15, 0.2) is 6.07 Å². The lowest BCUT2D eigenvalue weighted by Crippen LogP contribution is -2.11. The Hall–Kier alpha value is -1.52. The third-order valence-electron chi connectivity index (χ3n) is 1.64. The lowest BCUT2D eigenvalue weighted by Gasteiger charge is -2.07. The molecule has 0 saturated heterocycles. The van der Waals surface area contributed by atoms with Crippen molar-refractivity contribution in [3.8, 4) is 0 Å². The lowest BCUT2D eigenvalue weighted by atomic mass is 10.2. The zero-order valence-corrected chi connectivity index (χ0v) is 7.62. The Morgan fingerprint density at radius 2 is 1.86 bits per heavy atom. The van der Waals surface area contributed by atoms with E-state index in [9.17, 15) is 18.0 Å². The monoisotopic (exact) mass is 203 g/mol. The number of carbonyl (C=O) groups excluding carboxylic acids is 1. The molecule has 0 atom stereocenters. The van der Waals surface area contributed by atoms with E-state index in [1.165, 1.54) is 6.92 Å². The average Bonchev–Trinajstić information content (AvgIpc) is 2.09. The first-order valence-electron chi connectivity index (χ1n) is 3.85. The quantitative estimate of drug-likeness (QED) is 0.697. The third kappa shape index (κ3) is 1.86. The molecule has 1 rings (SSSR count). The molecule has 1 aromatic carbocycles. The second-order valence-electron chi connectivity index (χ2n) is 2.86. The second kappa shape index (κ2) is 3.69. The highest BCUT2D eigenvalue weighted by atomic mass is 19.2. The van der Waals surface area contributed by atoms with Crippen molar-refractivity contribution in [2.24, 2.45) is 0 Å². The summed E-state index contributed by atoms with van der Waals surface area (Å²) in [5.41, 5.74) is -0.803. The van der Waals surface area contributed by atoms with Gasteiger partial charge in [-0.25, -0.2) is 13.2 Å². The van der Waals surface area contributed by atoms with E-state index in [0.29, 0.717) is 0 Å². The molecular weight excluding hydrogens is 195 g/mol. The molecule has 0 fully saturated rings. The van der Waals surface area contributed by atoms with Gasteiger partial charge in [-0.15, -0.1) is 0 Å². The molecule has 2 nitrogen and oxygen atoms in total. The minimum absolute atomic E-state index is 0.0624. The highest BCUT2D eigenvalue weighted by molar-refractivity contribution is 5.89. The topological polar surface area (TPSA) is 29.1 Å². The number of hydrogen-bond donors (Lipinski definition) is 1. The van der Waals surface area contributed by atoms with Crippen molar-refractivity contribution in [2.45, 2.75) is 13.8 Å². The van der Waals surface area contributed by atoms with Crippen LogP contribution in [0.4, 0.5) is 18.9 Å². The summed E-state index contributed by atoms with van der Waals surface area (Å²) in [6, 6.07) is 0.732. The van der Waals surface area contributed by atoms with Crippen LogP contribution in [-0.2, 0) is 4.79 Å². The van der Waals surface area contributed by atoms with Crippen LogP contribution in [0.2, 0.25) is 0 Å². The van der Waals surface area contributed by atoms with Crippen molar-refractivity contribution in [3.63, 3.8) is 0 Å². The zero-order chi connectivity index (χ0) is 10.9. The molecule has 0 saturated carbocycles. The summed E-state index contributed by atoms with van der Waals surface area (Å²) in [5, 5.41) is 1.89. The number of aryl methyl sites for hydroxylation is 1. The molecule has 1 amide bonds. The predicted molar refractivity (Wildman–Crippen MR) is 45.4 cm³/mol. The van der Waals surface area contributed by atoms with Gasteiger partial charge in [0.25, 0.3) is 0 Å². The normalized spacial score (nSPS) is 10.1. The highest BCUT2D eigenvalue weighted by Gasteiger charge is 2.17. The summed E-state index contributed by atoms with van der Waals surface area (Å²) < 4.78 is 38.9. The van der Waals surface area contributed by atoms with Gasteiger partial charge in [0.15, 0.2) is 17.5 Å². The van der Waals surface area contributed by atoms with Gasteiger partial charge in [0.05, 0.1) is 0 Å². The Morgan fingerprint density at radius 3 is 2.36 bits per heavy atom.